The average Bonchev–Trinajstić information content (AvgIpc) is 2.87. The monoisotopic (exact) mass is 263 g/mol. The summed E-state index contributed by atoms with van der Waals surface area (Å²) in [5.74, 6) is 0.297. The predicted octanol–water partition coefficient (Wildman–Crippen LogP) is 3.91. The van der Waals surface area contributed by atoms with Crippen molar-refractivity contribution in [3.8, 4) is 0 Å². The van der Waals surface area contributed by atoms with Crippen LogP contribution in [0.1, 0.15) is 58.6 Å². The van der Waals surface area contributed by atoms with Crippen molar-refractivity contribution in [3.05, 3.63) is 21.4 Å². The van der Waals surface area contributed by atoms with Gasteiger partial charge in [-0.2, -0.15) is 0 Å². The van der Waals surface area contributed by atoms with Gasteiger partial charge in [0.15, 0.2) is 0 Å². The maximum atomic E-state index is 12.8. The Morgan fingerprint density at radius 3 is 2.28 bits per heavy atom. The van der Waals surface area contributed by atoms with Crippen molar-refractivity contribution < 1.29 is 4.79 Å². The highest BCUT2D eigenvalue weighted by molar-refractivity contribution is 7.12. The summed E-state index contributed by atoms with van der Waals surface area (Å²) in [4.78, 5) is 17.4. The van der Waals surface area contributed by atoms with E-state index in [1.165, 1.54) is 48.3 Å². The normalized spacial score (nSPS) is 20.3. The smallest absolute Gasteiger partial charge is 0.255 e. The maximum Gasteiger partial charge on any atom is 0.255 e. The van der Waals surface area contributed by atoms with Crippen LogP contribution in [0.25, 0.3) is 0 Å². The number of aryl methyl sites for hydroxylation is 2. The van der Waals surface area contributed by atoms with Crippen molar-refractivity contribution in [2.45, 2.75) is 64.5 Å². The molecule has 1 amide bonds. The number of amides is 1. The number of hydrogen-bond donors (Lipinski definition) is 0. The second-order valence-electron chi connectivity index (χ2n) is 5.71. The molecule has 2 aliphatic carbocycles. The first kappa shape index (κ1) is 12.2. The third-order valence-electron chi connectivity index (χ3n) is 4.16. The van der Waals surface area contributed by atoms with E-state index in [9.17, 15) is 4.79 Å². The van der Waals surface area contributed by atoms with E-state index in [1.807, 2.05) is 0 Å². The summed E-state index contributed by atoms with van der Waals surface area (Å²) in [6.45, 7) is 4.16. The molecular weight excluding hydrogens is 242 g/mol. The van der Waals surface area contributed by atoms with E-state index in [0.29, 0.717) is 18.0 Å². The predicted molar refractivity (Wildman–Crippen MR) is 75.2 cm³/mol. The first-order valence-electron chi connectivity index (χ1n) is 7.06. The van der Waals surface area contributed by atoms with Gasteiger partial charge >= 0.3 is 0 Å². The molecule has 0 aliphatic heterocycles. The van der Waals surface area contributed by atoms with Gasteiger partial charge in [0.1, 0.15) is 0 Å². The van der Waals surface area contributed by atoms with Crippen LogP contribution in [0.3, 0.4) is 0 Å². The van der Waals surface area contributed by atoms with E-state index >= 15 is 0 Å². The van der Waals surface area contributed by atoms with Gasteiger partial charge in [-0.3, -0.25) is 4.79 Å². The second kappa shape index (κ2) is 4.69. The average molecular weight is 263 g/mol. The summed E-state index contributed by atoms with van der Waals surface area (Å²) >= 11 is 1.74. The number of carbonyl (C=O) groups is 1. The van der Waals surface area contributed by atoms with Crippen molar-refractivity contribution in [1.82, 2.24) is 4.90 Å². The van der Waals surface area contributed by atoms with Gasteiger partial charge in [-0.25, -0.2) is 0 Å². The summed E-state index contributed by atoms with van der Waals surface area (Å²) in [6, 6.07) is 3.14. The van der Waals surface area contributed by atoms with Crippen LogP contribution < -0.4 is 0 Å². The van der Waals surface area contributed by atoms with Gasteiger partial charge in [-0.05, 0) is 45.6 Å². The fourth-order valence-corrected chi connectivity index (χ4v) is 4.06. The Balaban J connectivity index is 1.85. The molecule has 0 unspecified atom stereocenters. The summed E-state index contributed by atoms with van der Waals surface area (Å²) in [5, 5.41) is 0. The number of hydrogen-bond acceptors (Lipinski definition) is 2. The van der Waals surface area contributed by atoms with Crippen molar-refractivity contribution >= 4 is 17.2 Å². The Hall–Kier alpha value is -0.830. The van der Waals surface area contributed by atoms with E-state index in [2.05, 4.69) is 24.8 Å². The van der Waals surface area contributed by atoms with Gasteiger partial charge in [0.25, 0.3) is 5.91 Å². The first-order chi connectivity index (χ1) is 8.66. The lowest BCUT2D eigenvalue weighted by Crippen LogP contribution is -2.40. The van der Waals surface area contributed by atoms with Gasteiger partial charge in [0.05, 0.1) is 5.56 Å². The third-order valence-corrected chi connectivity index (χ3v) is 5.13. The number of nitrogens with zero attached hydrogens (tertiary/aromatic N) is 1. The SMILES string of the molecule is Cc1cc(C(=O)N(C2CCCC2)C2CC2)c(C)s1. The van der Waals surface area contributed by atoms with Gasteiger partial charge in [-0.15, -0.1) is 11.3 Å². The van der Waals surface area contributed by atoms with Crippen LogP contribution in [0.5, 0.6) is 0 Å². The minimum atomic E-state index is 0.297. The molecule has 18 heavy (non-hydrogen) atoms. The molecule has 0 bridgehead atoms. The first-order valence-corrected chi connectivity index (χ1v) is 7.88. The molecule has 3 rings (SSSR count). The molecule has 0 aromatic carbocycles. The van der Waals surface area contributed by atoms with Crippen LogP contribution in [0.15, 0.2) is 6.07 Å². The van der Waals surface area contributed by atoms with Crippen molar-refractivity contribution in [3.63, 3.8) is 0 Å². The van der Waals surface area contributed by atoms with Gasteiger partial charge < -0.3 is 4.90 Å². The molecule has 0 spiro atoms. The fourth-order valence-electron chi connectivity index (χ4n) is 3.15. The Labute approximate surface area is 113 Å². The Morgan fingerprint density at radius 2 is 1.78 bits per heavy atom. The summed E-state index contributed by atoms with van der Waals surface area (Å²) in [6.07, 6.45) is 7.44. The van der Waals surface area contributed by atoms with Crippen LogP contribution in [-0.2, 0) is 0 Å². The molecule has 2 saturated carbocycles. The molecule has 1 heterocycles. The molecular formula is C15H21NOS. The molecule has 0 N–H and O–H groups in total. The lowest BCUT2D eigenvalue weighted by atomic mass is 10.1. The molecule has 2 nitrogen and oxygen atoms in total. The second-order valence-corrected chi connectivity index (χ2v) is 7.17. The van der Waals surface area contributed by atoms with E-state index in [4.69, 9.17) is 0 Å². The summed E-state index contributed by atoms with van der Waals surface area (Å²) in [7, 11) is 0. The van der Waals surface area contributed by atoms with Gasteiger partial charge in [0, 0.05) is 21.8 Å². The van der Waals surface area contributed by atoms with E-state index < -0.39 is 0 Å². The minimum Gasteiger partial charge on any atom is -0.333 e. The Morgan fingerprint density at radius 1 is 1.17 bits per heavy atom. The zero-order chi connectivity index (χ0) is 12.7. The van der Waals surface area contributed by atoms with Crippen molar-refractivity contribution in [2.24, 2.45) is 0 Å². The van der Waals surface area contributed by atoms with Crippen LogP contribution >= 0.6 is 11.3 Å². The zero-order valence-electron chi connectivity index (χ0n) is 11.2. The summed E-state index contributed by atoms with van der Waals surface area (Å²) in [5.41, 5.74) is 0.955. The largest absolute Gasteiger partial charge is 0.333 e. The number of rotatable bonds is 3. The molecule has 1 aromatic heterocycles. The lowest BCUT2D eigenvalue weighted by molar-refractivity contribution is 0.0664. The standard InChI is InChI=1S/C15H21NOS/c1-10-9-14(11(2)18-10)15(17)16(13-7-8-13)12-5-3-4-6-12/h9,12-13H,3-8H2,1-2H3. The highest BCUT2D eigenvalue weighted by Crippen LogP contribution is 2.36. The minimum absolute atomic E-state index is 0.297. The molecule has 1 aromatic rings. The third kappa shape index (κ3) is 2.20. The molecule has 0 saturated heterocycles. The molecule has 2 fully saturated rings. The van der Waals surface area contributed by atoms with Crippen molar-refractivity contribution in [2.75, 3.05) is 0 Å². The molecule has 98 valence electrons. The van der Waals surface area contributed by atoms with Gasteiger partial charge in [-0.1, -0.05) is 12.8 Å². The zero-order valence-corrected chi connectivity index (χ0v) is 12.1. The number of thiophene rings is 1. The van der Waals surface area contributed by atoms with Crippen LogP contribution in [0.4, 0.5) is 0 Å². The molecule has 2 aliphatic rings. The van der Waals surface area contributed by atoms with Gasteiger partial charge in [0.2, 0.25) is 0 Å². The fraction of sp³-hybridized carbons (Fsp3) is 0.667. The van der Waals surface area contributed by atoms with E-state index in [-0.39, 0.29) is 0 Å². The van der Waals surface area contributed by atoms with Crippen LogP contribution in [0, 0.1) is 13.8 Å². The quantitative estimate of drug-likeness (QED) is 0.809. The number of carbonyl (C=O) groups excluding carboxylic acids is 1. The van der Waals surface area contributed by atoms with Crippen molar-refractivity contribution in [1.29, 1.82) is 0 Å². The maximum absolute atomic E-state index is 12.8. The molecule has 0 radical (unpaired) electrons. The van der Waals surface area contributed by atoms with Crippen LogP contribution in [0.2, 0.25) is 0 Å². The highest BCUT2D eigenvalue weighted by Gasteiger charge is 2.39. The summed E-state index contributed by atoms with van der Waals surface area (Å²) < 4.78 is 0. The Bertz CT molecular complexity index is 455. The van der Waals surface area contributed by atoms with E-state index in [0.717, 1.165) is 5.56 Å². The van der Waals surface area contributed by atoms with Crippen LogP contribution in [-0.4, -0.2) is 22.9 Å². The lowest BCUT2D eigenvalue weighted by Gasteiger charge is -2.29. The molecule has 0 atom stereocenters. The molecule has 3 heteroatoms. The Kier molecular flexibility index (Phi) is 3.18. The highest BCUT2D eigenvalue weighted by atomic mass is 32.1. The topological polar surface area (TPSA) is 20.3 Å². The van der Waals surface area contributed by atoms with E-state index in [1.54, 1.807) is 11.3 Å².